The predicted octanol–water partition coefficient (Wildman–Crippen LogP) is 3.08. The molecule has 0 spiro atoms. The van der Waals surface area contributed by atoms with Crippen LogP contribution in [0.25, 0.3) is 0 Å². The maximum absolute atomic E-state index is 12.0. The second-order valence-corrected chi connectivity index (χ2v) is 5.07. The lowest BCUT2D eigenvalue weighted by Crippen LogP contribution is -2.14. The van der Waals surface area contributed by atoms with Gasteiger partial charge in [-0.15, -0.1) is 10.2 Å². The Morgan fingerprint density at radius 3 is 2.39 bits per heavy atom. The largest absolute Gasteiger partial charge is 0.360 e. The summed E-state index contributed by atoms with van der Waals surface area (Å²) in [6.07, 6.45) is 0. The smallest absolute Gasteiger partial charge is 0.277 e. The number of rotatable bonds is 4. The van der Waals surface area contributed by atoms with Crippen molar-refractivity contribution < 1.29 is 9.32 Å². The number of hydrogen-bond donors (Lipinski definition) is 2. The van der Waals surface area contributed by atoms with Gasteiger partial charge in [0.1, 0.15) is 5.76 Å². The number of hydrogen-bond acceptors (Lipinski definition) is 6. The highest BCUT2D eigenvalue weighted by Gasteiger charge is 2.11. The quantitative estimate of drug-likeness (QED) is 0.769. The van der Waals surface area contributed by atoms with Crippen LogP contribution in [0.5, 0.6) is 0 Å². The molecule has 0 fully saturated rings. The third-order valence-electron chi connectivity index (χ3n) is 3.09. The summed E-state index contributed by atoms with van der Waals surface area (Å²) in [6, 6.07) is 12.8. The molecule has 1 amide bonds. The average molecular weight is 309 g/mol. The minimum atomic E-state index is -0.396. The van der Waals surface area contributed by atoms with E-state index in [0.717, 1.165) is 5.69 Å². The second-order valence-electron chi connectivity index (χ2n) is 5.07. The van der Waals surface area contributed by atoms with Gasteiger partial charge in [0, 0.05) is 11.8 Å². The van der Waals surface area contributed by atoms with Crippen molar-refractivity contribution in [3.8, 4) is 0 Å². The highest BCUT2D eigenvalue weighted by molar-refractivity contribution is 6.02. The van der Waals surface area contributed by atoms with Gasteiger partial charge < -0.3 is 15.2 Å². The monoisotopic (exact) mass is 309 g/mol. The van der Waals surface area contributed by atoms with E-state index < -0.39 is 5.91 Å². The first-order valence-electron chi connectivity index (χ1n) is 7.02. The van der Waals surface area contributed by atoms with E-state index in [1.54, 1.807) is 25.1 Å². The van der Waals surface area contributed by atoms with Gasteiger partial charge in [0.2, 0.25) is 0 Å². The first-order valence-corrected chi connectivity index (χ1v) is 7.02. The van der Waals surface area contributed by atoms with Gasteiger partial charge >= 0.3 is 0 Å². The average Bonchev–Trinajstić information content (AvgIpc) is 2.95. The normalized spacial score (nSPS) is 10.3. The Hall–Kier alpha value is -3.22. The topological polar surface area (TPSA) is 92.9 Å². The summed E-state index contributed by atoms with van der Waals surface area (Å²) < 4.78 is 4.88. The van der Waals surface area contributed by atoms with E-state index >= 15 is 0 Å². The summed E-state index contributed by atoms with van der Waals surface area (Å²) in [6.45, 7) is 3.77. The summed E-state index contributed by atoms with van der Waals surface area (Å²) >= 11 is 0. The van der Waals surface area contributed by atoms with Gasteiger partial charge in [-0.05, 0) is 38.1 Å². The summed E-state index contributed by atoms with van der Waals surface area (Å²) in [5.74, 6) is 1.12. The first-order chi connectivity index (χ1) is 11.1. The Morgan fingerprint density at radius 1 is 1.00 bits per heavy atom. The van der Waals surface area contributed by atoms with Crippen molar-refractivity contribution in [1.29, 1.82) is 0 Å². The molecule has 23 heavy (non-hydrogen) atoms. The third-order valence-corrected chi connectivity index (χ3v) is 3.09. The van der Waals surface area contributed by atoms with Crippen LogP contribution >= 0.6 is 0 Å². The number of amides is 1. The molecule has 2 aromatic heterocycles. The highest BCUT2D eigenvalue weighted by atomic mass is 16.5. The van der Waals surface area contributed by atoms with Gasteiger partial charge in [0.25, 0.3) is 5.91 Å². The fraction of sp³-hybridized carbons (Fsp3) is 0.125. The van der Waals surface area contributed by atoms with Crippen LogP contribution in [0.3, 0.4) is 0 Å². The van der Waals surface area contributed by atoms with E-state index in [4.69, 9.17) is 4.52 Å². The lowest BCUT2D eigenvalue weighted by molar-refractivity contribution is 0.102. The lowest BCUT2D eigenvalue weighted by Gasteiger charge is -2.06. The van der Waals surface area contributed by atoms with Crippen molar-refractivity contribution in [3.05, 3.63) is 59.5 Å². The van der Waals surface area contributed by atoms with Crippen molar-refractivity contribution in [2.45, 2.75) is 13.8 Å². The van der Waals surface area contributed by atoms with Gasteiger partial charge in [-0.1, -0.05) is 22.9 Å². The van der Waals surface area contributed by atoms with Gasteiger partial charge in [-0.3, -0.25) is 4.79 Å². The first kappa shape index (κ1) is 14.7. The van der Waals surface area contributed by atoms with E-state index in [1.807, 2.05) is 31.2 Å². The standard InChI is InChI=1S/C16H15N5O2/c1-10-3-5-12(6-4-10)17-14-8-7-13(19-20-14)16(22)18-15-9-11(2)23-21-15/h3-9H,1-2H3,(H,17,20)(H,18,21,22). The highest BCUT2D eigenvalue weighted by Crippen LogP contribution is 2.15. The van der Waals surface area contributed by atoms with Crippen LogP contribution in [0, 0.1) is 13.8 Å². The molecule has 0 atom stereocenters. The maximum Gasteiger partial charge on any atom is 0.277 e. The van der Waals surface area contributed by atoms with Crippen molar-refractivity contribution >= 4 is 23.2 Å². The molecule has 0 radical (unpaired) electrons. The van der Waals surface area contributed by atoms with Crippen LogP contribution in [0.15, 0.2) is 47.0 Å². The van der Waals surface area contributed by atoms with Crippen molar-refractivity contribution in [1.82, 2.24) is 15.4 Å². The summed E-state index contributed by atoms with van der Waals surface area (Å²) in [7, 11) is 0. The Labute approximate surface area is 132 Å². The van der Waals surface area contributed by atoms with Crippen molar-refractivity contribution in [2.24, 2.45) is 0 Å². The van der Waals surface area contributed by atoms with Crippen LogP contribution in [-0.2, 0) is 0 Å². The third kappa shape index (κ3) is 3.70. The molecule has 0 aliphatic rings. The van der Waals surface area contributed by atoms with Crippen LogP contribution in [0.4, 0.5) is 17.3 Å². The minimum Gasteiger partial charge on any atom is -0.360 e. The Kier molecular flexibility index (Phi) is 4.01. The maximum atomic E-state index is 12.0. The van der Waals surface area contributed by atoms with Gasteiger partial charge in [-0.25, -0.2) is 0 Å². The Balaban J connectivity index is 1.66. The molecule has 2 heterocycles. The molecule has 7 heteroatoms. The van der Waals surface area contributed by atoms with E-state index in [0.29, 0.717) is 17.4 Å². The number of carbonyl (C=O) groups is 1. The molecule has 7 nitrogen and oxygen atoms in total. The molecular formula is C16H15N5O2. The van der Waals surface area contributed by atoms with E-state index in [2.05, 4.69) is 26.0 Å². The van der Waals surface area contributed by atoms with Gasteiger partial charge in [0.05, 0.1) is 0 Å². The number of aromatic nitrogens is 3. The second kappa shape index (κ2) is 6.27. The zero-order valence-electron chi connectivity index (χ0n) is 12.7. The molecule has 116 valence electrons. The summed E-state index contributed by atoms with van der Waals surface area (Å²) in [4.78, 5) is 12.0. The minimum absolute atomic E-state index is 0.195. The van der Waals surface area contributed by atoms with E-state index in [9.17, 15) is 4.79 Å². The molecule has 0 aliphatic heterocycles. The Morgan fingerprint density at radius 2 is 1.78 bits per heavy atom. The van der Waals surface area contributed by atoms with Gasteiger partial charge in [0.15, 0.2) is 17.3 Å². The van der Waals surface area contributed by atoms with Crippen molar-refractivity contribution in [3.63, 3.8) is 0 Å². The number of carbonyl (C=O) groups excluding carboxylic acids is 1. The zero-order chi connectivity index (χ0) is 16.2. The molecule has 0 aliphatic carbocycles. The zero-order valence-corrected chi connectivity index (χ0v) is 12.7. The molecule has 1 aromatic carbocycles. The van der Waals surface area contributed by atoms with Crippen LogP contribution in [0.1, 0.15) is 21.8 Å². The molecule has 3 aromatic rings. The number of nitrogens with one attached hydrogen (secondary N) is 2. The molecular weight excluding hydrogens is 294 g/mol. The molecule has 0 bridgehead atoms. The number of nitrogens with zero attached hydrogens (tertiary/aromatic N) is 3. The van der Waals surface area contributed by atoms with E-state index in [1.165, 1.54) is 5.56 Å². The summed E-state index contributed by atoms with van der Waals surface area (Å²) in [5.41, 5.74) is 2.28. The van der Waals surface area contributed by atoms with Crippen LogP contribution in [0.2, 0.25) is 0 Å². The number of aryl methyl sites for hydroxylation is 2. The van der Waals surface area contributed by atoms with Crippen LogP contribution in [-0.4, -0.2) is 21.3 Å². The molecule has 0 saturated carbocycles. The lowest BCUT2D eigenvalue weighted by atomic mass is 10.2. The molecule has 3 rings (SSSR count). The van der Waals surface area contributed by atoms with Gasteiger partial charge in [-0.2, -0.15) is 0 Å². The van der Waals surface area contributed by atoms with Crippen molar-refractivity contribution in [2.75, 3.05) is 10.6 Å². The number of anilines is 3. The number of benzene rings is 1. The van der Waals surface area contributed by atoms with E-state index in [-0.39, 0.29) is 5.69 Å². The Bertz CT molecular complexity index is 809. The molecule has 2 N–H and O–H groups in total. The SMILES string of the molecule is Cc1ccc(Nc2ccc(C(=O)Nc3cc(C)on3)nn2)cc1. The fourth-order valence-corrected chi connectivity index (χ4v) is 1.91. The molecule has 0 unspecified atom stereocenters. The predicted molar refractivity (Wildman–Crippen MR) is 85.7 cm³/mol. The summed E-state index contributed by atoms with van der Waals surface area (Å²) in [5, 5.41) is 17.3. The van der Waals surface area contributed by atoms with Crippen LogP contribution < -0.4 is 10.6 Å². The molecule has 0 saturated heterocycles. The fourth-order valence-electron chi connectivity index (χ4n) is 1.91.